The van der Waals surface area contributed by atoms with Gasteiger partial charge < -0.3 is 15.1 Å². The van der Waals surface area contributed by atoms with Crippen molar-refractivity contribution in [3.8, 4) is 0 Å². The zero-order valence-electron chi connectivity index (χ0n) is 16.3. The molecule has 3 atom stereocenters. The van der Waals surface area contributed by atoms with Gasteiger partial charge in [-0.1, -0.05) is 31.0 Å². The van der Waals surface area contributed by atoms with Crippen molar-refractivity contribution >= 4 is 17.5 Å². The summed E-state index contributed by atoms with van der Waals surface area (Å²) < 4.78 is 0. The summed E-state index contributed by atoms with van der Waals surface area (Å²) in [6.07, 6.45) is 5.69. The van der Waals surface area contributed by atoms with E-state index < -0.39 is 0 Å². The first-order valence-corrected chi connectivity index (χ1v) is 10.6. The van der Waals surface area contributed by atoms with Crippen molar-refractivity contribution in [1.82, 2.24) is 10.2 Å². The van der Waals surface area contributed by atoms with Crippen molar-refractivity contribution in [1.29, 1.82) is 0 Å². The minimum absolute atomic E-state index is 0.149. The van der Waals surface area contributed by atoms with Crippen LogP contribution in [-0.4, -0.2) is 48.9 Å². The molecule has 1 saturated carbocycles. The molecule has 1 saturated heterocycles. The van der Waals surface area contributed by atoms with Gasteiger partial charge >= 0.3 is 0 Å². The molecule has 0 spiro atoms. The summed E-state index contributed by atoms with van der Waals surface area (Å²) in [5.41, 5.74) is 2.29. The Morgan fingerprint density at radius 2 is 1.70 bits per heavy atom. The van der Waals surface area contributed by atoms with Gasteiger partial charge in [-0.2, -0.15) is 0 Å². The van der Waals surface area contributed by atoms with Crippen LogP contribution in [0.15, 0.2) is 24.3 Å². The van der Waals surface area contributed by atoms with Crippen LogP contribution < -0.4 is 10.2 Å². The molecular formula is C22H31N3O2. The fraction of sp³-hybridized carbons (Fsp3) is 0.636. The van der Waals surface area contributed by atoms with Crippen LogP contribution in [0.1, 0.15) is 44.6 Å². The van der Waals surface area contributed by atoms with Gasteiger partial charge in [0.2, 0.25) is 11.8 Å². The Morgan fingerprint density at radius 3 is 2.52 bits per heavy atom. The lowest BCUT2D eigenvalue weighted by Gasteiger charge is -2.36. The molecule has 1 N–H and O–H groups in total. The maximum Gasteiger partial charge on any atom is 0.231 e. The van der Waals surface area contributed by atoms with Crippen LogP contribution in [-0.2, 0) is 16.0 Å². The number of hydrogen-bond acceptors (Lipinski definition) is 3. The Kier molecular flexibility index (Phi) is 5.48. The minimum Gasteiger partial charge on any atom is -0.341 e. The smallest absolute Gasteiger partial charge is 0.231 e. The number of hydrogen-bond donors (Lipinski definition) is 1. The number of anilines is 1. The van der Waals surface area contributed by atoms with E-state index in [9.17, 15) is 9.59 Å². The predicted molar refractivity (Wildman–Crippen MR) is 107 cm³/mol. The van der Waals surface area contributed by atoms with E-state index in [2.05, 4.69) is 24.4 Å². The van der Waals surface area contributed by atoms with E-state index in [1.165, 1.54) is 5.56 Å². The first-order chi connectivity index (χ1) is 13.2. The largest absolute Gasteiger partial charge is 0.341 e. The fourth-order valence-electron chi connectivity index (χ4n) is 5.10. The van der Waals surface area contributed by atoms with Crippen LogP contribution >= 0.6 is 0 Å². The van der Waals surface area contributed by atoms with Gasteiger partial charge in [-0.3, -0.25) is 9.59 Å². The maximum atomic E-state index is 13.6. The van der Waals surface area contributed by atoms with Gasteiger partial charge in [-0.05, 0) is 50.8 Å². The van der Waals surface area contributed by atoms with E-state index in [4.69, 9.17) is 0 Å². The number of carbonyl (C=O) groups excluding carboxylic acids is 2. The van der Waals surface area contributed by atoms with Crippen LogP contribution in [0.4, 0.5) is 5.69 Å². The van der Waals surface area contributed by atoms with Crippen molar-refractivity contribution < 1.29 is 9.59 Å². The van der Waals surface area contributed by atoms with Crippen molar-refractivity contribution in [2.75, 3.05) is 31.1 Å². The lowest BCUT2D eigenvalue weighted by atomic mass is 9.77. The Bertz CT molecular complexity index is 697. The van der Waals surface area contributed by atoms with E-state index in [1.807, 2.05) is 21.9 Å². The van der Waals surface area contributed by atoms with Crippen molar-refractivity contribution in [2.24, 2.45) is 11.8 Å². The molecule has 146 valence electrons. The fourth-order valence-corrected chi connectivity index (χ4v) is 5.10. The molecule has 2 aliphatic heterocycles. The Labute approximate surface area is 162 Å². The van der Waals surface area contributed by atoms with Crippen molar-refractivity contribution in [3.05, 3.63) is 29.8 Å². The van der Waals surface area contributed by atoms with Crippen molar-refractivity contribution in [2.45, 2.75) is 51.5 Å². The second-order valence-electron chi connectivity index (χ2n) is 8.32. The zero-order valence-corrected chi connectivity index (χ0v) is 16.3. The highest BCUT2D eigenvalue weighted by Gasteiger charge is 2.42. The second kappa shape index (κ2) is 8.01. The quantitative estimate of drug-likeness (QED) is 0.872. The van der Waals surface area contributed by atoms with Gasteiger partial charge in [0.1, 0.15) is 0 Å². The van der Waals surface area contributed by atoms with Crippen LogP contribution in [0.25, 0.3) is 0 Å². The molecule has 2 fully saturated rings. The SMILES string of the molecule is CC1Cc2ccccc2N1C(=O)C1CCCCC1C(=O)N1CCCNCC1. The summed E-state index contributed by atoms with van der Waals surface area (Å²) in [4.78, 5) is 30.9. The molecule has 4 rings (SSSR count). The monoisotopic (exact) mass is 369 g/mol. The molecule has 3 unspecified atom stereocenters. The average molecular weight is 370 g/mol. The Hall–Kier alpha value is -1.88. The summed E-state index contributed by atoms with van der Waals surface area (Å²) in [6.45, 7) is 5.52. The summed E-state index contributed by atoms with van der Waals surface area (Å²) in [6, 6.07) is 8.39. The third-order valence-corrected chi connectivity index (χ3v) is 6.50. The number of fused-ring (bicyclic) bond motifs is 1. The number of carbonyl (C=O) groups is 2. The third kappa shape index (κ3) is 3.62. The average Bonchev–Trinajstić information content (AvgIpc) is 2.86. The van der Waals surface area contributed by atoms with Gasteiger partial charge in [0.05, 0.1) is 5.92 Å². The number of amides is 2. The van der Waals surface area contributed by atoms with Crippen LogP contribution in [0.3, 0.4) is 0 Å². The Balaban J connectivity index is 1.55. The third-order valence-electron chi connectivity index (χ3n) is 6.50. The number of para-hydroxylation sites is 1. The highest BCUT2D eigenvalue weighted by molar-refractivity contribution is 6.00. The lowest BCUT2D eigenvalue weighted by molar-refractivity contribution is -0.142. The van der Waals surface area contributed by atoms with E-state index in [0.29, 0.717) is 0 Å². The molecule has 0 aromatic heterocycles. The van der Waals surface area contributed by atoms with E-state index in [-0.39, 0.29) is 29.7 Å². The van der Waals surface area contributed by atoms with E-state index in [1.54, 1.807) is 0 Å². The topological polar surface area (TPSA) is 52.7 Å². The first kappa shape index (κ1) is 18.5. The standard InChI is InChI=1S/C22H31N3O2/c1-16-15-17-7-2-5-10-20(17)25(16)22(27)19-9-4-3-8-18(19)21(26)24-13-6-11-23-12-14-24/h2,5,7,10,16,18-19,23H,3-4,6,8-9,11-15H2,1H3. The number of nitrogens with one attached hydrogen (secondary N) is 1. The molecule has 5 nitrogen and oxygen atoms in total. The normalized spacial score (nSPS) is 28.6. The second-order valence-corrected chi connectivity index (χ2v) is 8.32. The maximum absolute atomic E-state index is 13.6. The first-order valence-electron chi connectivity index (χ1n) is 10.6. The van der Waals surface area contributed by atoms with Gasteiger partial charge in [0.25, 0.3) is 0 Å². The summed E-state index contributed by atoms with van der Waals surface area (Å²) >= 11 is 0. The molecule has 1 aromatic carbocycles. The molecule has 2 amide bonds. The summed E-state index contributed by atoms with van der Waals surface area (Å²) in [5, 5.41) is 3.36. The highest BCUT2D eigenvalue weighted by atomic mass is 16.2. The highest BCUT2D eigenvalue weighted by Crippen LogP contribution is 2.38. The number of benzene rings is 1. The molecule has 27 heavy (non-hydrogen) atoms. The van der Waals surface area contributed by atoms with Gasteiger partial charge in [0, 0.05) is 37.3 Å². The summed E-state index contributed by atoms with van der Waals surface area (Å²) in [7, 11) is 0. The van der Waals surface area contributed by atoms with Crippen LogP contribution in [0.5, 0.6) is 0 Å². The van der Waals surface area contributed by atoms with E-state index >= 15 is 0 Å². The zero-order chi connectivity index (χ0) is 18.8. The molecule has 3 aliphatic rings. The molecule has 1 aromatic rings. The number of nitrogens with zero attached hydrogens (tertiary/aromatic N) is 2. The Morgan fingerprint density at radius 1 is 0.963 bits per heavy atom. The van der Waals surface area contributed by atoms with Gasteiger partial charge in [-0.15, -0.1) is 0 Å². The number of rotatable bonds is 2. The molecule has 0 radical (unpaired) electrons. The molecular weight excluding hydrogens is 338 g/mol. The van der Waals surface area contributed by atoms with Gasteiger partial charge in [0.15, 0.2) is 0 Å². The van der Waals surface area contributed by atoms with Crippen molar-refractivity contribution in [3.63, 3.8) is 0 Å². The van der Waals surface area contributed by atoms with Crippen LogP contribution in [0, 0.1) is 11.8 Å². The molecule has 2 heterocycles. The molecule has 5 heteroatoms. The summed E-state index contributed by atoms with van der Waals surface area (Å²) in [5.74, 6) is 0.0516. The molecule has 1 aliphatic carbocycles. The lowest BCUT2D eigenvalue weighted by Crippen LogP contribution is -2.48. The van der Waals surface area contributed by atoms with Crippen LogP contribution in [0.2, 0.25) is 0 Å². The predicted octanol–water partition coefficient (Wildman–Crippen LogP) is 2.59. The van der Waals surface area contributed by atoms with Gasteiger partial charge in [-0.25, -0.2) is 0 Å². The minimum atomic E-state index is -0.170. The van der Waals surface area contributed by atoms with E-state index in [0.717, 1.165) is 70.4 Å². The molecule has 0 bridgehead atoms.